The van der Waals surface area contributed by atoms with Gasteiger partial charge in [0, 0.05) is 18.7 Å². The quantitative estimate of drug-likeness (QED) is 0.387. The SMILES string of the molecule is Cc1ccc([N+](=O)[O-])c(NCCCC(N)CO)c1. The molecule has 4 N–H and O–H groups in total. The molecule has 6 heteroatoms. The van der Waals surface area contributed by atoms with E-state index >= 15 is 0 Å². The molecule has 0 fully saturated rings. The predicted octanol–water partition coefficient (Wildman–Crippen LogP) is 1.41. The topological polar surface area (TPSA) is 101 Å². The third-order valence-electron chi connectivity index (χ3n) is 2.65. The molecule has 1 aromatic rings. The van der Waals surface area contributed by atoms with Gasteiger partial charge in [0.05, 0.1) is 11.5 Å². The van der Waals surface area contributed by atoms with Crippen molar-refractivity contribution in [2.24, 2.45) is 5.73 Å². The highest BCUT2D eigenvalue weighted by Crippen LogP contribution is 2.25. The van der Waals surface area contributed by atoms with E-state index in [1.807, 2.05) is 6.92 Å². The summed E-state index contributed by atoms with van der Waals surface area (Å²) in [5.41, 5.74) is 7.14. The van der Waals surface area contributed by atoms with E-state index in [-0.39, 0.29) is 18.3 Å². The van der Waals surface area contributed by atoms with E-state index in [0.717, 1.165) is 12.0 Å². The standard InChI is InChI=1S/C12H19N3O3/c1-9-4-5-12(15(17)18)11(7-9)14-6-2-3-10(13)8-16/h4-5,7,10,14,16H,2-3,6,8,13H2,1H3. The molecule has 1 aromatic carbocycles. The molecule has 0 bridgehead atoms. The fourth-order valence-electron chi connectivity index (χ4n) is 1.63. The number of aliphatic hydroxyl groups excluding tert-OH is 1. The average Bonchev–Trinajstić information content (AvgIpc) is 2.34. The lowest BCUT2D eigenvalue weighted by atomic mass is 10.1. The molecule has 1 rings (SSSR count). The van der Waals surface area contributed by atoms with Crippen LogP contribution in [0.15, 0.2) is 18.2 Å². The summed E-state index contributed by atoms with van der Waals surface area (Å²) in [4.78, 5) is 10.4. The van der Waals surface area contributed by atoms with Crippen LogP contribution in [0.25, 0.3) is 0 Å². The molecule has 0 aromatic heterocycles. The van der Waals surface area contributed by atoms with E-state index in [9.17, 15) is 10.1 Å². The summed E-state index contributed by atoms with van der Waals surface area (Å²) in [7, 11) is 0. The summed E-state index contributed by atoms with van der Waals surface area (Å²) in [6, 6.07) is 4.74. The van der Waals surface area contributed by atoms with Crippen LogP contribution in [0.3, 0.4) is 0 Å². The van der Waals surface area contributed by atoms with Crippen LogP contribution in [0.5, 0.6) is 0 Å². The molecule has 18 heavy (non-hydrogen) atoms. The molecule has 0 aliphatic heterocycles. The molecular formula is C12H19N3O3. The highest BCUT2D eigenvalue weighted by atomic mass is 16.6. The molecule has 0 spiro atoms. The summed E-state index contributed by atoms with van der Waals surface area (Å²) in [6.45, 7) is 2.44. The van der Waals surface area contributed by atoms with E-state index in [1.54, 1.807) is 12.1 Å². The number of nitrogens with one attached hydrogen (secondary N) is 1. The van der Waals surface area contributed by atoms with Crippen molar-refractivity contribution in [3.63, 3.8) is 0 Å². The van der Waals surface area contributed by atoms with Gasteiger partial charge in [0.2, 0.25) is 0 Å². The second-order valence-corrected chi connectivity index (χ2v) is 4.29. The largest absolute Gasteiger partial charge is 0.395 e. The number of aliphatic hydroxyl groups is 1. The molecule has 100 valence electrons. The molecule has 0 heterocycles. The molecule has 0 radical (unpaired) electrons. The van der Waals surface area contributed by atoms with Gasteiger partial charge in [-0.15, -0.1) is 0 Å². The summed E-state index contributed by atoms with van der Waals surface area (Å²) in [6.07, 6.45) is 1.44. The lowest BCUT2D eigenvalue weighted by Crippen LogP contribution is -2.24. The zero-order valence-corrected chi connectivity index (χ0v) is 10.4. The number of hydrogen-bond donors (Lipinski definition) is 3. The number of aryl methyl sites for hydroxylation is 1. The van der Waals surface area contributed by atoms with E-state index in [4.69, 9.17) is 10.8 Å². The Morgan fingerprint density at radius 3 is 2.89 bits per heavy atom. The fourth-order valence-corrected chi connectivity index (χ4v) is 1.63. The number of nitrogens with zero attached hydrogens (tertiary/aromatic N) is 1. The van der Waals surface area contributed by atoms with Crippen LogP contribution in [-0.4, -0.2) is 29.2 Å². The van der Waals surface area contributed by atoms with Crippen LogP contribution in [0.1, 0.15) is 18.4 Å². The number of hydrogen-bond acceptors (Lipinski definition) is 5. The number of nitrogens with two attached hydrogens (primary N) is 1. The first-order chi connectivity index (χ1) is 8.54. The zero-order valence-electron chi connectivity index (χ0n) is 10.4. The third kappa shape index (κ3) is 4.31. The molecule has 0 saturated heterocycles. The third-order valence-corrected chi connectivity index (χ3v) is 2.65. The first-order valence-electron chi connectivity index (χ1n) is 5.90. The zero-order chi connectivity index (χ0) is 13.5. The smallest absolute Gasteiger partial charge is 0.292 e. The van der Waals surface area contributed by atoms with Crippen molar-refractivity contribution >= 4 is 11.4 Å². The second-order valence-electron chi connectivity index (χ2n) is 4.29. The Hall–Kier alpha value is -1.66. The van der Waals surface area contributed by atoms with Gasteiger partial charge in [-0.3, -0.25) is 10.1 Å². The van der Waals surface area contributed by atoms with Crippen molar-refractivity contribution in [2.75, 3.05) is 18.5 Å². The number of rotatable bonds is 7. The minimum atomic E-state index is -0.402. The average molecular weight is 253 g/mol. The maximum absolute atomic E-state index is 10.8. The normalized spacial score (nSPS) is 12.2. The fraction of sp³-hybridized carbons (Fsp3) is 0.500. The minimum absolute atomic E-state index is 0.0371. The van der Waals surface area contributed by atoms with Gasteiger partial charge in [-0.1, -0.05) is 6.07 Å². The van der Waals surface area contributed by atoms with E-state index in [0.29, 0.717) is 18.7 Å². The highest BCUT2D eigenvalue weighted by Gasteiger charge is 2.12. The van der Waals surface area contributed by atoms with Gasteiger partial charge in [0.15, 0.2) is 0 Å². The van der Waals surface area contributed by atoms with E-state index in [1.165, 1.54) is 6.07 Å². The van der Waals surface area contributed by atoms with E-state index in [2.05, 4.69) is 5.32 Å². The Bertz CT molecular complexity index is 410. The van der Waals surface area contributed by atoms with Gasteiger partial charge in [-0.25, -0.2) is 0 Å². The van der Waals surface area contributed by atoms with Gasteiger partial charge in [0.25, 0.3) is 5.69 Å². The molecule has 0 aliphatic carbocycles. The Morgan fingerprint density at radius 1 is 1.56 bits per heavy atom. The van der Waals surface area contributed by atoms with E-state index < -0.39 is 4.92 Å². The van der Waals surface area contributed by atoms with Gasteiger partial charge < -0.3 is 16.2 Å². The van der Waals surface area contributed by atoms with Crippen LogP contribution in [0.2, 0.25) is 0 Å². The van der Waals surface area contributed by atoms with Crippen molar-refractivity contribution in [1.29, 1.82) is 0 Å². The van der Waals surface area contributed by atoms with Crippen molar-refractivity contribution in [1.82, 2.24) is 0 Å². The summed E-state index contributed by atoms with van der Waals surface area (Å²) < 4.78 is 0. The number of benzene rings is 1. The van der Waals surface area contributed by atoms with Gasteiger partial charge in [-0.05, 0) is 31.4 Å². The maximum atomic E-state index is 10.8. The van der Waals surface area contributed by atoms with Crippen LogP contribution < -0.4 is 11.1 Å². The van der Waals surface area contributed by atoms with Crippen molar-refractivity contribution in [3.05, 3.63) is 33.9 Å². The summed E-state index contributed by atoms with van der Waals surface area (Å²) >= 11 is 0. The highest BCUT2D eigenvalue weighted by molar-refractivity contribution is 5.62. The maximum Gasteiger partial charge on any atom is 0.292 e. The predicted molar refractivity (Wildman–Crippen MR) is 70.6 cm³/mol. The van der Waals surface area contributed by atoms with Gasteiger partial charge in [0.1, 0.15) is 5.69 Å². The van der Waals surface area contributed by atoms with Crippen LogP contribution in [0, 0.1) is 17.0 Å². The van der Waals surface area contributed by atoms with Crippen molar-refractivity contribution < 1.29 is 10.0 Å². The summed E-state index contributed by atoms with van der Waals surface area (Å²) in [5, 5.41) is 22.6. The van der Waals surface area contributed by atoms with Crippen LogP contribution >= 0.6 is 0 Å². The molecule has 0 amide bonds. The van der Waals surface area contributed by atoms with Crippen molar-refractivity contribution in [3.8, 4) is 0 Å². The Labute approximate surface area is 106 Å². The summed E-state index contributed by atoms with van der Waals surface area (Å²) in [5.74, 6) is 0. The van der Waals surface area contributed by atoms with Crippen LogP contribution in [-0.2, 0) is 0 Å². The minimum Gasteiger partial charge on any atom is -0.395 e. The molecular weight excluding hydrogens is 234 g/mol. The Balaban J connectivity index is 2.55. The molecule has 0 saturated carbocycles. The monoisotopic (exact) mass is 253 g/mol. The van der Waals surface area contributed by atoms with Gasteiger partial charge in [-0.2, -0.15) is 0 Å². The molecule has 0 aliphatic rings. The first kappa shape index (κ1) is 14.4. The Morgan fingerprint density at radius 2 is 2.28 bits per heavy atom. The molecule has 1 unspecified atom stereocenters. The van der Waals surface area contributed by atoms with Crippen LogP contribution in [0.4, 0.5) is 11.4 Å². The first-order valence-corrected chi connectivity index (χ1v) is 5.90. The van der Waals surface area contributed by atoms with Crippen molar-refractivity contribution in [2.45, 2.75) is 25.8 Å². The molecule has 1 atom stereocenters. The molecule has 6 nitrogen and oxygen atoms in total. The second kappa shape index (κ2) is 6.93. The Kier molecular flexibility index (Phi) is 5.54. The van der Waals surface area contributed by atoms with Gasteiger partial charge >= 0.3 is 0 Å². The number of nitro groups is 1. The number of anilines is 1. The number of nitro benzene ring substituents is 1. The lowest BCUT2D eigenvalue weighted by molar-refractivity contribution is -0.384. The lowest BCUT2D eigenvalue weighted by Gasteiger charge is -2.10.